The topological polar surface area (TPSA) is 87.5 Å². The van der Waals surface area contributed by atoms with Gasteiger partial charge in [0, 0.05) is 19.2 Å². The van der Waals surface area contributed by atoms with Crippen molar-refractivity contribution in [3.8, 4) is 0 Å². The number of aromatic nitrogens is 1. The number of aryl methyl sites for hydroxylation is 1. The third-order valence-corrected chi connectivity index (χ3v) is 3.74. The number of hydrogen-bond acceptors (Lipinski definition) is 4. The summed E-state index contributed by atoms with van der Waals surface area (Å²) < 4.78 is 4.96. The number of carbonyl (C=O) groups is 2. The third-order valence-electron chi connectivity index (χ3n) is 3.74. The number of benzene rings is 1. The molecular weight excluding hydrogens is 296 g/mol. The minimum absolute atomic E-state index is 0.0635. The van der Waals surface area contributed by atoms with Gasteiger partial charge in [0.25, 0.3) is 0 Å². The van der Waals surface area contributed by atoms with Crippen LogP contribution in [0.1, 0.15) is 23.8 Å². The number of carbonyl (C=O) groups excluding carboxylic acids is 2. The standard InChI is InChI=1S/C16H18N4O3/c1-11-9-14(19-23-11)18-16(22)20-8-7-17-15(21)10-13(20)12-5-3-2-4-6-12/h2-6,9,13H,7-8,10H2,1H3,(H,17,21)(H,18,19,22). The van der Waals surface area contributed by atoms with Gasteiger partial charge in [-0.25, -0.2) is 4.79 Å². The molecule has 0 spiro atoms. The maximum Gasteiger partial charge on any atom is 0.323 e. The second-order valence-electron chi connectivity index (χ2n) is 5.43. The van der Waals surface area contributed by atoms with Crippen LogP contribution in [0, 0.1) is 6.92 Å². The van der Waals surface area contributed by atoms with E-state index >= 15 is 0 Å². The number of nitrogens with one attached hydrogen (secondary N) is 2. The van der Waals surface area contributed by atoms with Crippen LogP contribution >= 0.6 is 0 Å². The molecule has 0 radical (unpaired) electrons. The van der Waals surface area contributed by atoms with Gasteiger partial charge in [0.15, 0.2) is 5.82 Å². The van der Waals surface area contributed by atoms with Crippen molar-refractivity contribution in [2.75, 3.05) is 18.4 Å². The molecule has 3 amide bonds. The molecule has 2 heterocycles. The van der Waals surface area contributed by atoms with Gasteiger partial charge in [-0.2, -0.15) is 0 Å². The minimum atomic E-state index is -0.313. The number of amides is 3. The largest absolute Gasteiger partial charge is 0.360 e. The Bertz CT molecular complexity index is 698. The predicted octanol–water partition coefficient (Wildman–Crippen LogP) is 2.08. The third kappa shape index (κ3) is 3.50. The Hall–Kier alpha value is -2.83. The summed E-state index contributed by atoms with van der Waals surface area (Å²) in [7, 11) is 0. The summed E-state index contributed by atoms with van der Waals surface area (Å²) in [5.41, 5.74) is 0.927. The van der Waals surface area contributed by atoms with Crippen LogP contribution in [-0.2, 0) is 4.79 Å². The van der Waals surface area contributed by atoms with Crippen molar-refractivity contribution in [1.82, 2.24) is 15.4 Å². The van der Waals surface area contributed by atoms with Crippen molar-refractivity contribution in [2.45, 2.75) is 19.4 Å². The molecule has 1 aromatic carbocycles. The zero-order valence-electron chi connectivity index (χ0n) is 12.8. The monoisotopic (exact) mass is 314 g/mol. The van der Waals surface area contributed by atoms with E-state index in [-0.39, 0.29) is 24.4 Å². The Morgan fingerprint density at radius 3 is 2.87 bits per heavy atom. The van der Waals surface area contributed by atoms with E-state index < -0.39 is 0 Å². The van der Waals surface area contributed by atoms with Crippen LogP contribution in [0.15, 0.2) is 40.9 Å². The lowest BCUT2D eigenvalue weighted by molar-refractivity contribution is -0.121. The first kappa shape index (κ1) is 15.1. The maximum atomic E-state index is 12.6. The first-order chi connectivity index (χ1) is 11.1. The van der Waals surface area contributed by atoms with Gasteiger partial charge in [0.05, 0.1) is 12.5 Å². The van der Waals surface area contributed by atoms with E-state index in [9.17, 15) is 9.59 Å². The second-order valence-corrected chi connectivity index (χ2v) is 5.43. The number of urea groups is 1. The normalized spacial score (nSPS) is 18.2. The Morgan fingerprint density at radius 1 is 1.39 bits per heavy atom. The highest BCUT2D eigenvalue weighted by Gasteiger charge is 2.30. The lowest BCUT2D eigenvalue weighted by atomic mass is 10.0. The van der Waals surface area contributed by atoms with Crippen LogP contribution in [-0.4, -0.2) is 35.1 Å². The molecule has 1 aliphatic heterocycles. The summed E-state index contributed by atoms with van der Waals surface area (Å²) in [5, 5.41) is 9.29. The minimum Gasteiger partial charge on any atom is -0.360 e. The van der Waals surface area contributed by atoms with Crippen LogP contribution in [0.4, 0.5) is 10.6 Å². The van der Waals surface area contributed by atoms with E-state index in [2.05, 4.69) is 15.8 Å². The average molecular weight is 314 g/mol. The van der Waals surface area contributed by atoms with E-state index in [1.54, 1.807) is 17.9 Å². The summed E-state index contributed by atoms with van der Waals surface area (Å²) in [6, 6.07) is 10.6. The molecule has 3 rings (SSSR count). The van der Waals surface area contributed by atoms with E-state index in [4.69, 9.17) is 4.52 Å². The molecule has 2 N–H and O–H groups in total. The van der Waals surface area contributed by atoms with Crippen molar-refractivity contribution < 1.29 is 14.1 Å². The Labute approximate surface area is 133 Å². The number of nitrogens with zero attached hydrogens (tertiary/aromatic N) is 2. The summed E-state index contributed by atoms with van der Waals surface area (Å²) in [6.45, 7) is 2.60. The smallest absolute Gasteiger partial charge is 0.323 e. The fourth-order valence-corrected chi connectivity index (χ4v) is 2.65. The Balaban J connectivity index is 1.83. The van der Waals surface area contributed by atoms with Gasteiger partial charge in [-0.15, -0.1) is 0 Å². The van der Waals surface area contributed by atoms with Crippen molar-refractivity contribution >= 4 is 17.8 Å². The van der Waals surface area contributed by atoms with Gasteiger partial charge in [-0.1, -0.05) is 35.5 Å². The van der Waals surface area contributed by atoms with Crippen LogP contribution < -0.4 is 10.6 Å². The van der Waals surface area contributed by atoms with Crippen molar-refractivity contribution in [3.63, 3.8) is 0 Å². The molecule has 1 unspecified atom stereocenters. The van der Waals surface area contributed by atoms with Crippen LogP contribution in [0.25, 0.3) is 0 Å². The summed E-state index contributed by atoms with van der Waals surface area (Å²) in [4.78, 5) is 26.2. The summed E-state index contributed by atoms with van der Waals surface area (Å²) in [5.74, 6) is 0.918. The van der Waals surface area contributed by atoms with Crippen LogP contribution in [0.2, 0.25) is 0 Å². The van der Waals surface area contributed by atoms with E-state index in [0.29, 0.717) is 24.7 Å². The van der Waals surface area contributed by atoms with E-state index in [1.165, 1.54) is 0 Å². The highest BCUT2D eigenvalue weighted by Crippen LogP contribution is 2.26. The lowest BCUT2D eigenvalue weighted by Crippen LogP contribution is -2.39. The molecule has 2 aromatic rings. The maximum absolute atomic E-state index is 12.6. The molecule has 1 aromatic heterocycles. The Morgan fingerprint density at radius 2 is 2.17 bits per heavy atom. The number of anilines is 1. The van der Waals surface area contributed by atoms with Gasteiger partial charge < -0.3 is 14.7 Å². The first-order valence-corrected chi connectivity index (χ1v) is 7.46. The summed E-state index contributed by atoms with van der Waals surface area (Å²) >= 11 is 0. The zero-order valence-corrected chi connectivity index (χ0v) is 12.8. The second kappa shape index (κ2) is 6.51. The Kier molecular flexibility index (Phi) is 4.27. The molecule has 0 bridgehead atoms. The molecular formula is C16H18N4O3. The van der Waals surface area contributed by atoms with E-state index in [0.717, 1.165) is 5.56 Å². The summed E-state index contributed by atoms with van der Waals surface area (Å²) in [6.07, 6.45) is 0.231. The molecule has 1 atom stereocenters. The van der Waals surface area contributed by atoms with Crippen LogP contribution in [0.5, 0.6) is 0 Å². The van der Waals surface area contributed by atoms with Crippen LogP contribution in [0.3, 0.4) is 0 Å². The molecule has 120 valence electrons. The van der Waals surface area contributed by atoms with Gasteiger partial charge >= 0.3 is 6.03 Å². The molecule has 7 heteroatoms. The zero-order chi connectivity index (χ0) is 16.2. The fraction of sp³-hybridized carbons (Fsp3) is 0.312. The molecule has 0 aliphatic carbocycles. The molecule has 7 nitrogen and oxygen atoms in total. The molecule has 1 fully saturated rings. The molecule has 1 saturated heterocycles. The number of rotatable bonds is 2. The van der Waals surface area contributed by atoms with Crippen molar-refractivity contribution in [1.29, 1.82) is 0 Å². The highest BCUT2D eigenvalue weighted by molar-refractivity contribution is 5.89. The van der Waals surface area contributed by atoms with E-state index in [1.807, 2.05) is 30.3 Å². The van der Waals surface area contributed by atoms with Gasteiger partial charge in [0.2, 0.25) is 5.91 Å². The van der Waals surface area contributed by atoms with Gasteiger partial charge in [-0.05, 0) is 12.5 Å². The molecule has 1 aliphatic rings. The fourth-order valence-electron chi connectivity index (χ4n) is 2.65. The number of hydrogen-bond donors (Lipinski definition) is 2. The highest BCUT2D eigenvalue weighted by atomic mass is 16.5. The van der Waals surface area contributed by atoms with Gasteiger partial charge in [0.1, 0.15) is 5.76 Å². The van der Waals surface area contributed by atoms with Crippen molar-refractivity contribution in [2.24, 2.45) is 0 Å². The molecule has 23 heavy (non-hydrogen) atoms. The first-order valence-electron chi connectivity index (χ1n) is 7.46. The SMILES string of the molecule is Cc1cc(NC(=O)N2CCNC(=O)CC2c2ccccc2)no1. The van der Waals surface area contributed by atoms with Crippen molar-refractivity contribution in [3.05, 3.63) is 47.7 Å². The predicted molar refractivity (Wildman–Crippen MR) is 83.8 cm³/mol. The lowest BCUT2D eigenvalue weighted by Gasteiger charge is -2.29. The molecule has 0 saturated carbocycles. The quantitative estimate of drug-likeness (QED) is 0.888. The van der Waals surface area contributed by atoms with Gasteiger partial charge in [-0.3, -0.25) is 10.1 Å². The average Bonchev–Trinajstić information content (AvgIpc) is 2.84.